The molecule has 1 heterocycles. The van der Waals surface area contributed by atoms with Crippen LogP contribution in [-0.4, -0.2) is 39.2 Å². The van der Waals surface area contributed by atoms with Crippen molar-refractivity contribution in [1.29, 1.82) is 0 Å². The molecule has 2 atom stereocenters. The molecule has 1 saturated heterocycles. The normalized spacial score (nSPS) is 36.8. The van der Waals surface area contributed by atoms with Gasteiger partial charge in [-0.05, 0) is 19.8 Å². The highest BCUT2D eigenvalue weighted by Crippen LogP contribution is 2.15. The standard InChI is InChI=1S/C10H21NOS/c1-8(2)5-11-6-9(3)13(12)10(4)7-11/h8-10H,5-7H2,1-4H3. The molecule has 0 amide bonds. The number of hydrogen-bond acceptors (Lipinski definition) is 2. The summed E-state index contributed by atoms with van der Waals surface area (Å²) in [5.41, 5.74) is 0. The van der Waals surface area contributed by atoms with E-state index in [9.17, 15) is 4.21 Å². The Labute approximate surface area is 84.2 Å². The largest absolute Gasteiger partial charge is 0.301 e. The molecule has 2 nitrogen and oxygen atoms in total. The van der Waals surface area contributed by atoms with Crippen molar-refractivity contribution in [2.45, 2.75) is 38.2 Å². The van der Waals surface area contributed by atoms with E-state index in [1.54, 1.807) is 0 Å². The minimum atomic E-state index is -0.607. The van der Waals surface area contributed by atoms with Gasteiger partial charge in [-0.15, -0.1) is 0 Å². The van der Waals surface area contributed by atoms with Crippen molar-refractivity contribution in [2.24, 2.45) is 5.92 Å². The fourth-order valence-corrected chi connectivity index (χ4v) is 3.52. The van der Waals surface area contributed by atoms with Crippen LogP contribution < -0.4 is 0 Å². The molecule has 0 radical (unpaired) electrons. The molecule has 0 saturated carbocycles. The lowest BCUT2D eigenvalue weighted by Crippen LogP contribution is -2.48. The van der Waals surface area contributed by atoms with Gasteiger partial charge < -0.3 is 4.90 Å². The molecule has 78 valence electrons. The fraction of sp³-hybridized carbons (Fsp3) is 1.00. The van der Waals surface area contributed by atoms with E-state index in [1.165, 1.54) is 0 Å². The van der Waals surface area contributed by atoms with E-state index in [0.717, 1.165) is 19.6 Å². The van der Waals surface area contributed by atoms with Gasteiger partial charge in [0.1, 0.15) is 0 Å². The van der Waals surface area contributed by atoms with Gasteiger partial charge in [-0.25, -0.2) is 0 Å². The van der Waals surface area contributed by atoms with E-state index < -0.39 is 10.8 Å². The van der Waals surface area contributed by atoms with Crippen molar-refractivity contribution in [3.05, 3.63) is 0 Å². The molecule has 0 spiro atoms. The first-order valence-electron chi connectivity index (χ1n) is 5.12. The summed E-state index contributed by atoms with van der Waals surface area (Å²) < 4.78 is 11.6. The molecule has 1 fully saturated rings. The average Bonchev–Trinajstić information content (AvgIpc) is 1.98. The highest BCUT2D eigenvalue weighted by Gasteiger charge is 2.28. The molecular weight excluding hydrogens is 182 g/mol. The Morgan fingerprint density at radius 3 is 2.15 bits per heavy atom. The van der Waals surface area contributed by atoms with E-state index in [1.807, 2.05) is 0 Å². The van der Waals surface area contributed by atoms with Gasteiger partial charge in [-0.3, -0.25) is 4.21 Å². The molecule has 1 aliphatic heterocycles. The second kappa shape index (κ2) is 4.56. The highest BCUT2D eigenvalue weighted by molar-refractivity contribution is 7.86. The van der Waals surface area contributed by atoms with Crippen LogP contribution in [0.2, 0.25) is 0 Å². The Hall–Kier alpha value is 0.110. The summed E-state index contributed by atoms with van der Waals surface area (Å²) in [6.07, 6.45) is 0. The number of rotatable bonds is 2. The molecule has 1 rings (SSSR count). The van der Waals surface area contributed by atoms with Crippen LogP contribution in [0, 0.1) is 5.92 Å². The fourth-order valence-electron chi connectivity index (χ4n) is 2.01. The third-order valence-corrected chi connectivity index (χ3v) is 4.33. The van der Waals surface area contributed by atoms with Gasteiger partial charge in [0.05, 0.1) is 0 Å². The van der Waals surface area contributed by atoms with Crippen molar-refractivity contribution in [3.63, 3.8) is 0 Å². The molecule has 2 unspecified atom stereocenters. The Balaban J connectivity index is 2.48. The van der Waals surface area contributed by atoms with Gasteiger partial charge in [-0.2, -0.15) is 0 Å². The minimum absolute atomic E-state index is 0.350. The monoisotopic (exact) mass is 203 g/mol. The maximum Gasteiger partial charge on any atom is 0.0450 e. The average molecular weight is 203 g/mol. The molecular formula is C10H21NOS. The maximum atomic E-state index is 11.6. The first-order valence-corrected chi connectivity index (χ1v) is 6.40. The van der Waals surface area contributed by atoms with Crippen LogP contribution >= 0.6 is 0 Å². The predicted molar refractivity (Wildman–Crippen MR) is 58.3 cm³/mol. The molecule has 0 aromatic rings. The zero-order valence-corrected chi connectivity index (χ0v) is 9.93. The zero-order chi connectivity index (χ0) is 10.0. The molecule has 0 N–H and O–H groups in total. The lowest BCUT2D eigenvalue weighted by molar-refractivity contribution is 0.238. The smallest absolute Gasteiger partial charge is 0.0450 e. The summed E-state index contributed by atoms with van der Waals surface area (Å²) >= 11 is 0. The number of nitrogens with zero attached hydrogens (tertiary/aromatic N) is 1. The van der Waals surface area contributed by atoms with Crippen LogP contribution in [0.1, 0.15) is 27.7 Å². The SMILES string of the molecule is CC(C)CN1CC(C)S(=O)C(C)C1. The summed E-state index contributed by atoms with van der Waals surface area (Å²) in [6.45, 7) is 11.8. The Morgan fingerprint density at radius 1 is 1.31 bits per heavy atom. The quantitative estimate of drug-likeness (QED) is 0.677. The van der Waals surface area contributed by atoms with Crippen molar-refractivity contribution < 1.29 is 4.21 Å². The van der Waals surface area contributed by atoms with Gasteiger partial charge in [0, 0.05) is 40.9 Å². The van der Waals surface area contributed by atoms with Crippen molar-refractivity contribution in [3.8, 4) is 0 Å². The molecule has 0 aliphatic carbocycles. The highest BCUT2D eigenvalue weighted by atomic mass is 32.2. The van der Waals surface area contributed by atoms with Crippen molar-refractivity contribution >= 4 is 10.8 Å². The summed E-state index contributed by atoms with van der Waals surface area (Å²) in [5.74, 6) is 0.714. The molecule has 1 aliphatic rings. The third-order valence-electron chi connectivity index (χ3n) is 2.45. The molecule has 0 bridgehead atoms. The molecule has 0 aromatic heterocycles. The van der Waals surface area contributed by atoms with Gasteiger partial charge in [-0.1, -0.05) is 13.8 Å². The second-order valence-electron chi connectivity index (χ2n) is 4.56. The van der Waals surface area contributed by atoms with Gasteiger partial charge in [0.15, 0.2) is 0 Å². The molecule has 3 heteroatoms. The second-order valence-corrected chi connectivity index (χ2v) is 6.83. The van der Waals surface area contributed by atoms with Gasteiger partial charge >= 0.3 is 0 Å². The summed E-state index contributed by atoms with van der Waals surface area (Å²) in [7, 11) is -0.607. The van der Waals surface area contributed by atoms with Crippen molar-refractivity contribution in [2.75, 3.05) is 19.6 Å². The van der Waals surface area contributed by atoms with Crippen molar-refractivity contribution in [1.82, 2.24) is 4.90 Å². The van der Waals surface area contributed by atoms with E-state index in [4.69, 9.17) is 0 Å². The first kappa shape index (κ1) is 11.2. The lowest BCUT2D eigenvalue weighted by Gasteiger charge is -2.35. The van der Waals surface area contributed by atoms with Crippen LogP contribution in [-0.2, 0) is 10.8 Å². The first-order chi connectivity index (χ1) is 6.00. The summed E-state index contributed by atoms with van der Waals surface area (Å²) in [5, 5.41) is 0.699. The predicted octanol–water partition coefficient (Wildman–Crippen LogP) is 1.48. The Kier molecular flexibility index (Phi) is 3.92. The zero-order valence-electron chi connectivity index (χ0n) is 9.12. The molecule has 0 aromatic carbocycles. The molecule has 13 heavy (non-hydrogen) atoms. The van der Waals surface area contributed by atoms with E-state index >= 15 is 0 Å². The lowest BCUT2D eigenvalue weighted by atomic mass is 10.2. The summed E-state index contributed by atoms with van der Waals surface area (Å²) in [4.78, 5) is 2.45. The van der Waals surface area contributed by atoms with Gasteiger partial charge in [0.25, 0.3) is 0 Å². The summed E-state index contributed by atoms with van der Waals surface area (Å²) in [6, 6.07) is 0. The maximum absolute atomic E-state index is 11.6. The van der Waals surface area contributed by atoms with E-state index in [2.05, 4.69) is 32.6 Å². The van der Waals surface area contributed by atoms with Crippen LogP contribution in [0.15, 0.2) is 0 Å². The Morgan fingerprint density at radius 2 is 1.77 bits per heavy atom. The van der Waals surface area contributed by atoms with Gasteiger partial charge in [0.2, 0.25) is 0 Å². The van der Waals surface area contributed by atoms with E-state index in [0.29, 0.717) is 16.4 Å². The Bertz CT molecular complexity index is 179. The van der Waals surface area contributed by atoms with E-state index in [-0.39, 0.29) is 0 Å². The van der Waals surface area contributed by atoms with Crippen LogP contribution in [0.3, 0.4) is 0 Å². The minimum Gasteiger partial charge on any atom is -0.301 e. The van der Waals surface area contributed by atoms with Crippen LogP contribution in [0.4, 0.5) is 0 Å². The van der Waals surface area contributed by atoms with Crippen LogP contribution in [0.5, 0.6) is 0 Å². The van der Waals surface area contributed by atoms with Crippen LogP contribution in [0.25, 0.3) is 0 Å². The third kappa shape index (κ3) is 3.06. The number of hydrogen-bond donors (Lipinski definition) is 0. The topological polar surface area (TPSA) is 20.3 Å².